The molecular formula is C15H20O4. The molecule has 0 radical (unpaired) electrons. The molecule has 1 rings (SSSR count). The summed E-state index contributed by atoms with van der Waals surface area (Å²) in [5, 5.41) is 18.7. The minimum atomic E-state index is -1.69. The quantitative estimate of drug-likeness (QED) is 0.743. The Hall–Kier alpha value is -1.84. The fourth-order valence-electron chi connectivity index (χ4n) is 2.28. The van der Waals surface area contributed by atoms with E-state index in [-0.39, 0.29) is 18.8 Å². The Labute approximate surface area is 113 Å². The van der Waals surface area contributed by atoms with Crippen LogP contribution in [-0.4, -0.2) is 22.2 Å². The van der Waals surface area contributed by atoms with Crippen LogP contribution in [-0.2, 0) is 16.0 Å². The summed E-state index contributed by atoms with van der Waals surface area (Å²) in [6.07, 6.45) is 0.705. The number of aliphatic carboxylic acids is 2. The van der Waals surface area contributed by atoms with Crippen molar-refractivity contribution in [2.75, 3.05) is 0 Å². The van der Waals surface area contributed by atoms with Gasteiger partial charge >= 0.3 is 11.9 Å². The van der Waals surface area contributed by atoms with Crippen molar-refractivity contribution >= 4 is 11.9 Å². The number of rotatable bonds is 7. The van der Waals surface area contributed by atoms with E-state index in [1.165, 1.54) is 0 Å². The Bertz CT molecular complexity index is 423. The Morgan fingerprint density at radius 3 is 2.05 bits per heavy atom. The molecule has 2 N–H and O–H groups in total. The minimum absolute atomic E-state index is 0.0166. The van der Waals surface area contributed by atoms with E-state index in [1.807, 2.05) is 44.2 Å². The van der Waals surface area contributed by atoms with E-state index >= 15 is 0 Å². The van der Waals surface area contributed by atoms with Crippen molar-refractivity contribution in [3.8, 4) is 0 Å². The van der Waals surface area contributed by atoms with Crippen molar-refractivity contribution in [2.45, 2.75) is 33.1 Å². The van der Waals surface area contributed by atoms with E-state index in [4.69, 9.17) is 0 Å². The zero-order valence-electron chi connectivity index (χ0n) is 11.3. The van der Waals surface area contributed by atoms with Crippen molar-refractivity contribution in [3.05, 3.63) is 35.9 Å². The van der Waals surface area contributed by atoms with E-state index in [0.717, 1.165) is 5.56 Å². The number of carboxylic acid groups (broad SMARTS) is 2. The molecule has 0 unspecified atom stereocenters. The van der Waals surface area contributed by atoms with Gasteiger partial charge in [-0.2, -0.15) is 0 Å². The van der Waals surface area contributed by atoms with Gasteiger partial charge in [0.2, 0.25) is 0 Å². The van der Waals surface area contributed by atoms with Crippen LogP contribution in [0, 0.1) is 11.3 Å². The lowest BCUT2D eigenvalue weighted by molar-refractivity contribution is -0.166. The van der Waals surface area contributed by atoms with E-state index in [9.17, 15) is 19.8 Å². The van der Waals surface area contributed by atoms with Gasteiger partial charge in [-0.15, -0.1) is 0 Å². The third-order valence-corrected chi connectivity index (χ3v) is 3.26. The molecule has 1 aromatic carbocycles. The summed E-state index contributed by atoms with van der Waals surface area (Å²) >= 11 is 0. The first-order valence-electron chi connectivity index (χ1n) is 6.39. The highest BCUT2D eigenvalue weighted by atomic mass is 16.4. The molecule has 0 spiro atoms. The summed E-state index contributed by atoms with van der Waals surface area (Å²) in [6.45, 7) is 3.67. The van der Waals surface area contributed by atoms with Crippen LogP contribution in [0.1, 0.15) is 32.3 Å². The number of carbonyl (C=O) groups is 2. The molecule has 0 aromatic heterocycles. The molecule has 0 bridgehead atoms. The predicted molar refractivity (Wildman–Crippen MR) is 71.9 cm³/mol. The molecule has 0 aliphatic carbocycles. The third-order valence-electron chi connectivity index (χ3n) is 3.26. The monoisotopic (exact) mass is 264 g/mol. The van der Waals surface area contributed by atoms with Crippen molar-refractivity contribution in [1.29, 1.82) is 0 Å². The molecule has 0 saturated heterocycles. The number of hydrogen-bond donors (Lipinski definition) is 2. The van der Waals surface area contributed by atoms with Crippen LogP contribution in [0.3, 0.4) is 0 Å². The smallest absolute Gasteiger partial charge is 0.321 e. The summed E-state index contributed by atoms with van der Waals surface area (Å²) in [4.78, 5) is 22.9. The summed E-state index contributed by atoms with van der Waals surface area (Å²) in [7, 11) is 0. The van der Waals surface area contributed by atoms with Crippen molar-refractivity contribution in [3.63, 3.8) is 0 Å². The summed E-state index contributed by atoms with van der Waals surface area (Å²) < 4.78 is 0. The molecule has 0 aliphatic heterocycles. The Balaban J connectivity index is 2.91. The number of hydrogen-bond acceptors (Lipinski definition) is 2. The van der Waals surface area contributed by atoms with E-state index < -0.39 is 17.4 Å². The molecule has 104 valence electrons. The second-order valence-electron chi connectivity index (χ2n) is 5.28. The Morgan fingerprint density at radius 2 is 1.63 bits per heavy atom. The number of aryl methyl sites for hydroxylation is 1. The first-order chi connectivity index (χ1) is 8.88. The maximum Gasteiger partial charge on any atom is 0.321 e. The van der Waals surface area contributed by atoms with Gasteiger partial charge in [-0.25, -0.2) is 0 Å². The molecular weight excluding hydrogens is 244 g/mol. The van der Waals surface area contributed by atoms with Gasteiger partial charge in [0.1, 0.15) is 0 Å². The van der Waals surface area contributed by atoms with Crippen molar-refractivity contribution in [1.82, 2.24) is 0 Å². The first kappa shape index (κ1) is 15.2. The molecule has 0 atom stereocenters. The third kappa shape index (κ3) is 3.81. The largest absolute Gasteiger partial charge is 0.480 e. The predicted octanol–water partition coefficient (Wildman–Crippen LogP) is 2.82. The maximum absolute atomic E-state index is 11.4. The van der Waals surface area contributed by atoms with Gasteiger partial charge < -0.3 is 10.2 Å². The summed E-state index contributed by atoms with van der Waals surface area (Å²) in [5.41, 5.74) is -0.734. The summed E-state index contributed by atoms with van der Waals surface area (Å²) in [5.74, 6) is -2.47. The average molecular weight is 264 g/mol. The Morgan fingerprint density at radius 1 is 1.11 bits per heavy atom. The van der Waals surface area contributed by atoms with Crippen molar-refractivity contribution in [2.24, 2.45) is 11.3 Å². The maximum atomic E-state index is 11.4. The van der Waals surface area contributed by atoms with Crippen LogP contribution in [0.25, 0.3) is 0 Å². The second-order valence-corrected chi connectivity index (χ2v) is 5.28. The molecule has 0 aliphatic rings. The van der Waals surface area contributed by atoms with Crippen LogP contribution in [0.2, 0.25) is 0 Å². The van der Waals surface area contributed by atoms with E-state index in [0.29, 0.717) is 6.42 Å². The van der Waals surface area contributed by atoms with Gasteiger partial charge in [0, 0.05) is 0 Å². The highest BCUT2D eigenvalue weighted by Crippen LogP contribution is 2.33. The highest BCUT2D eigenvalue weighted by Gasteiger charge is 2.46. The van der Waals surface area contributed by atoms with Gasteiger partial charge in [0.05, 0.1) is 0 Å². The number of carboxylic acids is 2. The number of benzene rings is 1. The van der Waals surface area contributed by atoms with Gasteiger partial charge in [0.15, 0.2) is 5.41 Å². The molecule has 4 nitrogen and oxygen atoms in total. The fourth-order valence-corrected chi connectivity index (χ4v) is 2.28. The average Bonchev–Trinajstić information content (AvgIpc) is 2.34. The fraction of sp³-hybridized carbons (Fsp3) is 0.467. The van der Waals surface area contributed by atoms with Crippen LogP contribution in [0.15, 0.2) is 30.3 Å². The molecule has 0 heterocycles. The van der Waals surface area contributed by atoms with Gasteiger partial charge in [0.25, 0.3) is 0 Å². The second kappa shape index (κ2) is 6.36. The van der Waals surface area contributed by atoms with Gasteiger partial charge in [-0.3, -0.25) is 9.59 Å². The van der Waals surface area contributed by atoms with Gasteiger partial charge in [-0.05, 0) is 30.7 Å². The lowest BCUT2D eigenvalue weighted by Crippen LogP contribution is -2.41. The zero-order valence-corrected chi connectivity index (χ0v) is 11.3. The van der Waals surface area contributed by atoms with E-state index in [1.54, 1.807) is 0 Å². The topological polar surface area (TPSA) is 74.6 Å². The van der Waals surface area contributed by atoms with Crippen LogP contribution < -0.4 is 0 Å². The van der Waals surface area contributed by atoms with Crippen LogP contribution in [0.5, 0.6) is 0 Å². The lowest BCUT2D eigenvalue weighted by Gasteiger charge is -2.26. The lowest BCUT2D eigenvalue weighted by atomic mass is 9.76. The molecule has 4 heteroatoms. The zero-order chi connectivity index (χ0) is 14.5. The van der Waals surface area contributed by atoms with Crippen LogP contribution >= 0.6 is 0 Å². The molecule has 0 saturated carbocycles. The molecule has 19 heavy (non-hydrogen) atoms. The van der Waals surface area contributed by atoms with Crippen molar-refractivity contribution < 1.29 is 19.8 Å². The molecule has 1 aromatic rings. The Kier molecular flexibility index (Phi) is 5.10. The SMILES string of the molecule is CC(C)CC(CCc1ccccc1)(C(=O)O)C(=O)O. The van der Waals surface area contributed by atoms with E-state index in [2.05, 4.69) is 0 Å². The first-order valence-corrected chi connectivity index (χ1v) is 6.39. The normalized spacial score (nSPS) is 11.5. The molecule has 0 fully saturated rings. The minimum Gasteiger partial charge on any atom is -0.480 e. The summed E-state index contributed by atoms with van der Waals surface area (Å²) in [6, 6.07) is 9.36. The standard InChI is InChI=1S/C15H20O4/c1-11(2)10-15(13(16)17,14(18)19)9-8-12-6-4-3-5-7-12/h3-7,11H,8-10H2,1-2H3,(H,16,17)(H,18,19). The van der Waals surface area contributed by atoms with Gasteiger partial charge in [-0.1, -0.05) is 44.2 Å². The molecule has 0 amide bonds. The van der Waals surface area contributed by atoms with Crippen LogP contribution in [0.4, 0.5) is 0 Å². The highest BCUT2D eigenvalue weighted by molar-refractivity contribution is 5.98.